The fraction of sp³-hybridized carbons (Fsp3) is 0.391. The monoisotopic (exact) mass is 481 g/mol. The second kappa shape index (κ2) is 10.9. The number of hydrogen-bond donors (Lipinski definition) is 2. The third-order valence-corrected chi connectivity index (χ3v) is 5.06. The maximum Gasteiger partial charge on any atom is 0.323 e. The summed E-state index contributed by atoms with van der Waals surface area (Å²) in [5, 5.41) is 4.88. The van der Waals surface area contributed by atoms with Crippen LogP contribution in [0.5, 0.6) is 0 Å². The quantitative estimate of drug-likeness (QED) is 0.471. The van der Waals surface area contributed by atoms with Gasteiger partial charge in [-0.3, -0.25) is 9.99 Å². The maximum absolute atomic E-state index is 16.2. The summed E-state index contributed by atoms with van der Waals surface area (Å²) in [6.45, 7) is 4.94. The predicted octanol–water partition coefficient (Wildman–Crippen LogP) is 4.09. The number of benzene rings is 1. The fourth-order valence-corrected chi connectivity index (χ4v) is 3.50. The first kappa shape index (κ1) is 25.6. The van der Waals surface area contributed by atoms with E-state index in [1.165, 1.54) is 30.5 Å². The van der Waals surface area contributed by atoms with Crippen LogP contribution < -0.4 is 11.1 Å². The molecule has 0 radical (unpaired) electrons. The minimum atomic E-state index is -3.83. The molecule has 0 spiro atoms. The first-order valence-electron chi connectivity index (χ1n) is 10.7. The lowest BCUT2D eigenvalue weighted by Gasteiger charge is -2.41. The van der Waals surface area contributed by atoms with E-state index in [-0.39, 0.29) is 12.7 Å². The van der Waals surface area contributed by atoms with Gasteiger partial charge in [-0.15, -0.1) is 5.53 Å². The van der Waals surface area contributed by atoms with Crippen molar-refractivity contribution in [3.8, 4) is 0 Å². The molecule has 34 heavy (non-hydrogen) atoms. The topological polar surface area (TPSA) is 71.0 Å². The van der Waals surface area contributed by atoms with Gasteiger partial charge in [0.15, 0.2) is 5.60 Å². The maximum atomic E-state index is 16.2. The first-order valence-corrected chi connectivity index (χ1v) is 10.7. The lowest BCUT2D eigenvalue weighted by atomic mass is 9.83. The molecule has 1 aliphatic rings. The lowest BCUT2D eigenvalue weighted by molar-refractivity contribution is -0.231. The van der Waals surface area contributed by atoms with E-state index in [1.54, 1.807) is 12.2 Å². The molecule has 0 fully saturated rings. The fourth-order valence-electron chi connectivity index (χ4n) is 3.50. The molecule has 2 N–H and O–H groups in total. The van der Waals surface area contributed by atoms with Crippen LogP contribution in [0, 0.1) is 11.6 Å². The van der Waals surface area contributed by atoms with Gasteiger partial charge < -0.3 is 9.47 Å². The van der Waals surface area contributed by atoms with E-state index < -0.39 is 41.0 Å². The molecule has 1 aliphatic heterocycles. The minimum absolute atomic E-state index is 0.0627. The van der Waals surface area contributed by atoms with Crippen LogP contribution in [-0.4, -0.2) is 42.2 Å². The van der Waals surface area contributed by atoms with Crippen molar-refractivity contribution in [2.45, 2.75) is 38.4 Å². The number of aromatic nitrogens is 1. The van der Waals surface area contributed by atoms with Gasteiger partial charge >= 0.3 is 5.92 Å². The number of nitrogens with zero attached hydrogens (tertiary/aromatic N) is 3. The zero-order chi connectivity index (χ0) is 24.8. The molecule has 7 nitrogen and oxygen atoms in total. The number of rotatable bonds is 11. The number of alkyl halides is 2. The Labute approximate surface area is 195 Å². The van der Waals surface area contributed by atoms with Crippen molar-refractivity contribution in [3.05, 3.63) is 71.1 Å². The van der Waals surface area contributed by atoms with E-state index in [0.29, 0.717) is 18.2 Å². The van der Waals surface area contributed by atoms with Crippen LogP contribution >= 0.6 is 0 Å². The van der Waals surface area contributed by atoms with E-state index in [0.717, 1.165) is 18.2 Å². The molecule has 0 saturated heterocycles. The molecule has 1 unspecified atom stereocenters. The van der Waals surface area contributed by atoms with E-state index in [1.807, 2.05) is 13.8 Å². The minimum Gasteiger partial charge on any atom is -0.375 e. The Morgan fingerprint density at radius 1 is 1.18 bits per heavy atom. The number of pyridine rings is 1. The van der Waals surface area contributed by atoms with Crippen LogP contribution in [0.1, 0.15) is 37.6 Å². The molecule has 0 aliphatic carbocycles. The predicted molar refractivity (Wildman–Crippen MR) is 119 cm³/mol. The normalized spacial score (nSPS) is 15.8. The van der Waals surface area contributed by atoms with Gasteiger partial charge in [0.05, 0.1) is 19.3 Å². The second-order valence-electron chi connectivity index (χ2n) is 7.82. The highest BCUT2D eigenvalue weighted by atomic mass is 19.3. The molecule has 0 bridgehead atoms. The molecule has 1 atom stereocenters. The largest absolute Gasteiger partial charge is 0.375 e. The van der Waals surface area contributed by atoms with Gasteiger partial charge in [0, 0.05) is 24.4 Å². The summed E-state index contributed by atoms with van der Waals surface area (Å²) < 4.78 is 71.9. The standard InChI is InChI=1S/C23H27F4N5O2/c1-4-34-22(14-32-15-29-30-31-32,19-9-8-18(24)12-20(19)25)23(26,27)21-10-7-17(13-28-21)6-5-11-33-16(2)3/h5-10,12-13,15-16,30-31H,4,11,14H2,1-3H3/b6-5+. The Balaban J connectivity index is 2.02. The molecule has 2 aromatic rings. The number of nitrogens with one attached hydrogen (secondary N) is 2. The molecule has 2 heterocycles. The Kier molecular flexibility index (Phi) is 8.24. The number of ether oxygens (including phenoxy) is 2. The molecule has 1 aromatic heterocycles. The van der Waals surface area contributed by atoms with E-state index in [9.17, 15) is 8.78 Å². The van der Waals surface area contributed by atoms with E-state index >= 15 is 8.78 Å². The molecule has 0 amide bonds. The van der Waals surface area contributed by atoms with Gasteiger partial charge in [-0.2, -0.15) is 13.9 Å². The summed E-state index contributed by atoms with van der Waals surface area (Å²) in [6.07, 6.45) is 6.00. The molecule has 0 saturated carbocycles. The summed E-state index contributed by atoms with van der Waals surface area (Å²) >= 11 is 0. The summed E-state index contributed by atoms with van der Waals surface area (Å²) in [5.74, 6) is -5.89. The highest BCUT2D eigenvalue weighted by Crippen LogP contribution is 2.48. The van der Waals surface area contributed by atoms with Crippen molar-refractivity contribution >= 4 is 12.4 Å². The average Bonchev–Trinajstić information content (AvgIpc) is 3.29. The molecular weight excluding hydrogens is 454 g/mol. The summed E-state index contributed by atoms with van der Waals surface area (Å²) in [7, 11) is 0. The average molecular weight is 481 g/mol. The second-order valence-corrected chi connectivity index (χ2v) is 7.82. The summed E-state index contributed by atoms with van der Waals surface area (Å²) in [4.78, 5) is 3.95. The number of hydrazine groups is 2. The van der Waals surface area contributed by atoms with Crippen LogP contribution in [0.25, 0.3) is 6.08 Å². The highest BCUT2D eigenvalue weighted by Gasteiger charge is 2.60. The lowest BCUT2D eigenvalue weighted by Crippen LogP contribution is -2.56. The Bertz CT molecular complexity index is 1020. The van der Waals surface area contributed by atoms with Crippen molar-refractivity contribution in [3.63, 3.8) is 0 Å². The third-order valence-electron chi connectivity index (χ3n) is 5.06. The molecule has 1 aromatic carbocycles. The zero-order valence-corrected chi connectivity index (χ0v) is 19.1. The number of halogens is 4. The molecular formula is C23H27F4N5O2. The van der Waals surface area contributed by atoms with Crippen LogP contribution in [0.3, 0.4) is 0 Å². The van der Waals surface area contributed by atoms with Crippen molar-refractivity contribution in [2.75, 3.05) is 19.8 Å². The zero-order valence-electron chi connectivity index (χ0n) is 19.1. The van der Waals surface area contributed by atoms with Crippen LogP contribution in [0.4, 0.5) is 17.6 Å². The van der Waals surface area contributed by atoms with Gasteiger partial charge in [0.2, 0.25) is 0 Å². The Morgan fingerprint density at radius 3 is 2.56 bits per heavy atom. The van der Waals surface area contributed by atoms with Gasteiger partial charge in [-0.05, 0) is 44.5 Å². The molecule has 3 rings (SSSR count). The van der Waals surface area contributed by atoms with Crippen molar-refractivity contribution in [1.82, 2.24) is 21.1 Å². The van der Waals surface area contributed by atoms with Gasteiger partial charge in [0.25, 0.3) is 0 Å². The van der Waals surface area contributed by atoms with Gasteiger partial charge in [-0.25, -0.2) is 14.3 Å². The molecule has 11 heteroatoms. The van der Waals surface area contributed by atoms with Gasteiger partial charge in [-0.1, -0.05) is 18.2 Å². The highest BCUT2D eigenvalue weighted by molar-refractivity contribution is 5.55. The van der Waals surface area contributed by atoms with Crippen LogP contribution in [-0.2, 0) is 21.0 Å². The Morgan fingerprint density at radius 2 is 1.97 bits per heavy atom. The van der Waals surface area contributed by atoms with Crippen molar-refractivity contribution < 1.29 is 27.0 Å². The third kappa shape index (κ3) is 5.54. The number of hydrazone groups is 1. The van der Waals surface area contributed by atoms with E-state index in [4.69, 9.17) is 9.47 Å². The SMILES string of the molecule is CCOC(CN1C=NNN1)(c1ccc(F)cc1F)C(F)(F)c1ccc(/C=C/COC(C)C)cn1. The van der Waals surface area contributed by atoms with Crippen molar-refractivity contribution in [2.24, 2.45) is 5.10 Å². The summed E-state index contributed by atoms with van der Waals surface area (Å²) in [5.41, 5.74) is 1.81. The first-order chi connectivity index (χ1) is 16.2. The molecule has 184 valence electrons. The number of hydrogen-bond acceptors (Lipinski definition) is 7. The van der Waals surface area contributed by atoms with Crippen LogP contribution in [0.15, 0.2) is 47.7 Å². The van der Waals surface area contributed by atoms with Crippen LogP contribution in [0.2, 0.25) is 0 Å². The van der Waals surface area contributed by atoms with Gasteiger partial charge in [0.1, 0.15) is 23.7 Å². The smallest absolute Gasteiger partial charge is 0.323 e. The summed E-state index contributed by atoms with van der Waals surface area (Å²) in [6, 6.07) is 5.04. The van der Waals surface area contributed by atoms with E-state index in [2.05, 4.69) is 21.2 Å². The Hall–Kier alpha value is -3.02. The van der Waals surface area contributed by atoms with Crippen molar-refractivity contribution in [1.29, 1.82) is 0 Å².